The van der Waals surface area contributed by atoms with Gasteiger partial charge in [-0.15, -0.1) is 0 Å². The molecule has 0 aromatic heterocycles. The molecule has 0 saturated heterocycles. The predicted octanol–water partition coefficient (Wildman–Crippen LogP) is 11.2. The molecule has 0 bridgehead atoms. The Balaban J connectivity index is 1.21. The summed E-state index contributed by atoms with van der Waals surface area (Å²) in [6.07, 6.45) is 41.6. The van der Waals surface area contributed by atoms with Crippen molar-refractivity contribution in [3.05, 3.63) is 71.5 Å². The molecular formula is C49H80N4. The van der Waals surface area contributed by atoms with E-state index < -0.39 is 0 Å². The lowest BCUT2D eigenvalue weighted by Crippen LogP contribution is -2.51. The van der Waals surface area contributed by atoms with Crippen LogP contribution in [0.1, 0.15) is 138 Å². The highest BCUT2D eigenvalue weighted by atomic mass is 15.2. The highest BCUT2D eigenvalue weighted by Gasteiger charge is 2.43. The Labute approximate surface area is 327 Å². The van der Waals surface area contributed by atoms with E-state index in [1.165, 1.54) is 82.7 Å². The molecule has 6 rings (SSSR count). The molecule has 0 spiro atoms. The van der Waals surface area contributed by atoms with Crippen LogP contribution in [0.3, 0.4) is 0 Å². The maximum absolute atomic E-state index is 4.21. The standard InChI is InChI=1S/C49H80N4/c1-36-24-30-48(5,31-25-36)41-22-20-39(33-38(41)3)45(26-32-52(7)8)53(9)35-50-44-23-21-40(34-42(44)47(4)27-14-10-15-28-47)49(6)29-16-13-19-46(49)51-43-18-12-11-17-37(43)2/h10,13-14,16,19,24,29-30,34,36-39,41,43,45-46,50-51H,11-12,15,17-18,20-23,25-28,31-33,35H2,1-9H3. The minimum Gasteiger partial charge on any atom is -0.375 e. The normalized spacial score (nSPS) is 39.8. The molecule has 11 atom stereocenters. The largest absolute Gasteiger partial charge is 0.375 e. The van der Waals surface area contributed by atoms with E-state index >= 15 is 0 Å². The predicted molar refractivity (Wildman–Crippen MR) is 229 cm³/mol. The summed E-state index contributed by atoms with van der Waals surface area (Å²) in [5, 5.41) is 8.38. The van der Waals surface area contributed by atoms with Crippen LogP contribution in [0, 0.1) is 45.8 Å². The van der Waals surface area contributed by atoms with Crippen LogP contribution >= 0.6 is 0 Å². The molecule has 6 aliphatic rings. The van der Waals surface area contributed by atoms with E-state index in [9.17, 15) is 0 Å². The molecule has 0 aromatic carbocycles. The van der Waals surface area contributed by atoms with Gasteiger partial charge in [-0.05, 0) is 157 Å². The topological polar surface area (TPSA) is 30.5 Å². The second-order valence-corrected chi connectivity index (χ2v) is 20.2. The molecule has 296 valence electrons. The van der Waals surface area contributed by atoms with E-state index in [2.05, 4.69) is 138 Å². The van der Waals surface area contributed by atoms with Gasteiger partial charge in [-0.3, -0.25) is 4.90 Å². The van der Waals surface area contributed by atoms with Crippen molar-refractivity contribution in [3.63, 3.8) is 0 Å². The van der Waals surface area contributed by atoms with Crippen molar-refractivity contribution in [1.29, 1.82) is 0 Å². The SMILES string of the molecule is CC1C=CC(C)(C2CCC(C(CCN(C)C)N(C)CNC3=C(C4(C)CC=CCC4)C=C(C4(C)C=CC=CC4NC4CCCCC4C)CC3)CC2C)CC1. The second kappa shape index (κ2) is 17.5. The summed E-state index contributed by atoms with van der Waals surface area (Å²) < 4.78 is 0. The Morgan fingerprint density at radius 2 is 1.66 bits per heavy atom. The molecular weight excluding hydrogens is 645 g/mol. The highest BCUT2D eigenvalue weighted by Crippen LogP contribution is 2.51. The summed E-state index contributed by atoms with van der Waals surface area (Å²) in [4.78, 5) is 5.12. The van der Waals surface area contributed by atoms with E-state index in [1.54, 1.807) is 11.1 Å². The van der Waals surface area contributed by atoms with Crippen molar-refractivity contribution in [3.8, 4) is 0 Å². The fourth-order valence-electron chi connectivity index (χ4n) is 11.9. The lowest BCUT2D eigenvalue weighted by molar-refractivity contribution is 0.0409. The fourth-order valence-corrected chi connectivity index (χ4v) is 11.9. The molecule has 0 heterocycles. The monoisotopic (exact) mass is 725 g/mol. The molecule has 2 N–H and O–H groups in total. The number of hydrogen-bond acceptors (Lipinski definition) is 4. The zero-order valence-electron chi connectivity index (χ0n) is 35.7. The number of nitrogens with zero attached hydrogens (tertiary/aromatic N) is 2. The van der Waals surface area contributed by atoms with Gasteiger partial charge in [0.1, 0.15) is 0 Å². The van der Waals surface area contributed by atoms with Gasteiger partial charge in [-0.1, -0.05) is 115 Å². The van der Waals surface area contributed by atoms with E-state index in [0.29, 0.717) is 23.5 Å². The third-order valence-corrected chi connectivity index (χ3v) is 15.8. The summed E-state index contributed by atoms with van der Waals surface area (Å²) in [6.45, 7) is 17.2. The van der Waals surface area contributed by atoms with Crippen molar-refractivity contribution >= 4 is 0 Å². The van der Waals surface area contributed by atoms with Gasteiger partial charge in [-0.2, -0.15) is 0 Å². The minimum atomic E-state index is -0.00407. The van der Waals surface area contributed by atoms with Crippen LogP contribution < -0.4 is 10.6 Å². The van der Waals surface area contributed by atoms with E-state index in [1.807, 2.05) is 0 Å². The fraction of sp³-hybridized carbons (Fsp3) is 0.755. The Morgan fingerprint density at radius 3 is 2.36 bits per heavy atom. The average Bonchev–Trinajstić information content (AvgIpc) is 3.14. The lowest BCUT2D eigenvalue weighted by Gasteiger charge is -2.48. The van der Waals surface area contributed by atoms with Crippen molar-refractivity contribution in [2.24, 2.45) is 45.8 Å². The van der Waals surface area contributed by atoms with E-state index in [0.717, 1.165) is 62.1 Å². The first-order valence-electron chi connectivity index (χ1n) is 22.3. The van der Waals surface area contributed by atoms with E-state index in [-0.39, 0.29) is 10.8 Å². The third kappa shape index (κ3) is 9.40. The van der Waals surface area contributed by atoms with Gasteiger partial charge in [-0.25, -0.2) is 0 Å². The van der Waals surface area contributed by atoms with Crippen LogP contribution in [0.4, 0.5) is 0 Å². The third-order valence-electron chi connectivity index (χ3n) is 15.8. The van der Waals surface area contributed by atoms with Gasteiger partial charge in [0.15, 0.2) is 0 Å². The van der Waals surface area contributed by atoms with Gasteiger partial charge in [0.25, 0.3) is 0 Å². The summed E-state index contributed by atoms with van der Waals surface area (Å²) in [6, 6.07) is 1.56. The smallest absolute Gasteiger partial charge is 0.0675 e. The maximum atomic E-state index is 4.21. The van der Waals surface area contributed by atoms with E-state index in [4.69, 9.17) is 0 Å². The zero-order valence-corrected chi connectivity index (χ0v) is 35.7. The van der Waals surface area contributed by atoms with Gasteiger partial charge >= 0.3 is 0 Å². The molecule has 0 aromatic rings. The Kier molecular flexibility index (Phi) is 13.5. The van der Waals surface area contributed by atoms with Crippen LogP contribution in [0.25, 0.3) is 0 Å². The molecule has 4 heteroatoms. The second-order valence-electron chi connectivity index (χ2n) is 20.2. The first-order valence-corrected chi connectivity index (χ1v) is 22.3. The van der Waals surface area contributed by atoms with Gasteiger partial charge in [0.2, 0.25) is 0 Å². The van der Waals surface area contributed by atoms with Crippen LogP contribution in [-0.4, -0.2) is 62.3 Å². The Bertz CT molecular complexity index is 1410. The molecule has 6 aliphatic carbocycles. The maximum Gasteiger partial charge on any atom is 0.0675 e. The van der Waals surface area contributed by atoms with Crippen molar-refractivity contribution in [2.45, 2.75) is 156 Å². The highest BCUT2D eigenvalue weighted by molar-refractivity contribution is 5.44. The lowest BCUT2D eigenvalue weighted by atomic mass is 9.59. The molecule has 0 aliphatic heterocycles. The number of hydrogen-bond donors (Lipinski definition) is 2. The van der Waals surface area contributed by atoms with Gasteiger partial charge in [0, 0.05) is 29.2 Å². The molecule has 11 unspecified atom stereocenters. The quantitative estimate of drug-likeness (QED) is 0.146. The van der Waals surface area contributed by atoms with Crippen LogP contribution in [-0.2, 0) is 0 Å². The van der Waals surface area contributed by atoms with Crippen LogP contribution in [0.2, 0.25) is 0 Å². The molecule has 4 nitrogen and oxygen atoms in total. The van der Waals surface area contributed by atoms with Crippen molar-refractivity contribution < 1.29 is 0 Å². The molecule has 0 radical (unpaired) electrons. The zero-order chi connectivity index (χ0) is 37.8. The summed E-state index contributed by atoms with van der Waals surface area (Å²) in [5.41, 5.74) is 5.27. The number of allylic oxidation sites excluding steroid dienone is 9. The summed E-state index contributed by atoms with van der Waals surface area (Å²) >= 11 is 0. The number of rotatable bonds is 13. The first kappa shape index (κ1) is 40.8. The molecule has 53 heavy (non-hydrogen) atoms. The Hall–Kier alpha value is -1.88. The van der Waals surface area contributed by atoms with Crippen molar-refractivity contribution in [2.75, 3.05) is 34.4 Å². The summed E-state index contributed by atoms with van der Waals surface area (Å²) in [7, 11) is 6.93. The summed E-state index contributed by atoms with van der Waals surface area (Å²) in [5.74, 6) is 3.86. The van der Waals surface area contributed by atoms with Crippen LogP contribution in [0.15, 0.2) is 71.5 Å². The average molecular weight is 725 g/mol. The molecule has 2 fully saturated rings. The van der Waals surface area contributed by atoms with Gasteiger partial charge in [0.05, 0.1) is 6.67 Å². The number of nitrogens with one attached hydrogen (secondary N) is 2. The van der Waals surface area contributed by atoms with Crippen molar-refractivity contribution in [1.82, 2.24) is 20.4 Å². The Morgan fingerprint density at radius 1 is 0.849 bits per heavy atom. The van der Waals surface area contributed by atoms with Crippen LogP contribution in [0.5, 0.6) is 0 Å². The molecule has 2 saturated carbocycles. The molecule has 0 amide bonds. The van der Waals surface area contributed by atoms with Gasteiger partial charge < -0.3 is 15.5 Å². The minimum absolute atomic E-state index is 0.00407. The first-order chi connectivity index (χ1) is 25.3.